The average Bonchev–Trinajstić information content (AvgIpc) is 2.66. The Morgan fingerprint density at radius 3 is 2.41 bits per heavy atom. The summed E-state index contributed by atoms with van der Waals surface area (Å²) in [6, 6.07) is 15.6. The summed E-state index contributed by atoms with van der Waals surface area (Å²) < 4.78 is 5.37. The van der Waals surface area contributed by atoms with Gasteiger partial charge in [-0.1, -0.05) is 42.0 Å². The molecule has 1 heterocycles. The summed E-state index contributed by atoms with van der Waals surface area (Å²) in [4.78, 5) is 5.03. The van der Waals surface area contributed by atoms with Crippen LogP contribution in [0.2, 0.25) is 0 Å². The molecular formula is C23H32N2O2. The highest BCUT2D eigenvalue weighted by Crippen LogP contribution is 2.22. The van der Waals surface area contributed by atoms with E-state index in [0.717, 1.165) is 44.9 Å². The molecule has 0 spiro atoms. The Balaban J connectivity index is 1.63. The Bertz CT molecular complexity index is 730. The van der Waals surface area contributed by atoms with E-state index in [1.807, 2.05) is 0 Å². The maximum absolute atomic E-state index is 9.56. The Morgan fingerprint density at radius 2 is 1.74 bits per heavy atom. The summed E-state index contributed by atoms with van der Waals surface area (Å²) in [5, 5.41) is 9.56. The second kappa shape index (κ2) is 9.36. The van der Waals surface area contributed by atoms with Gasteiger partial charge in [0.2, 0.25) is 0 Å². The van der Waals surface area contributed by atoms with Gasteiger partial charge in [-0.3, -0.25) is 9.80 Å². The van der Waals surface area contributed by atoms with E-state index < -0.39 is 0 Å². The summed E-state index contributed by atoms with van der Waals surface area (Å²) >= 11 is 0. The molecule has 0 bridgehead atoms. The van der Waals surface area contributed by atoms with Crippen LogP contribution in [0, 0.1) is 13.8 Å². The summed E-state index contributed by atoms with van der Waals surface area (Å²) in [6.07, 6.45) is 0.819. The van der Waals surface area contributed by atoms with E-state index in [9.17, 15) is 5.11 Å². The number of aliphatic hydroxyl groups excluding tert-OH is 1. The second-order valence-corrected chi connectivity index (χ2v) is 7.66. The number of piperazine rings is 1. The van der Waals surface area contributed by atoms with Gasteiger partial charge in [-0.15, -0.1) is 0 Å². The molecule has 1 N–H and O–H groups in total. The Hall–Kier alpha value is -1.88. The number of aliphatic hydroxyl groups is 1. The third-order valence-electron chi connectivity index (χ3n) is 5.52. The minimum atomic E-state index is 0.237. The normalized spacial score (nSPS) is 18.6. The van der Waals surface area contributed by atoms with Crippen molar-refractivity contribution in [3.8, 4) is 5.75 Å². The number of rotatable bonds is 7. The molecule has 3 rings (SSSR count). The zero-order chi connectivity index (χ0) is 19.2. The number of aryl methyl sites for hydroxylation is 2. The van der Waals surface area contributed by atoms with Gasteiger partial charge in [0.05, 0.1) is 7.11 Å². The van der Waals surface area contributed by atoms with Gasteiger partial charge in [-0.2, -0.15) is 0 Å². The van der Waals surface area contributed by atoms with Gasteiger partial charge < -0.3 is 9.84 Å². The zero-order valence-corrected chi connectivity index (χ0v) is 16.8. The van der Waals surface area contributed by atoms with E-state index in [1.54, 1.807) is 7.11 Å². The molecule has 2 aromatic rings. The lowest BCUT2D eigenvalue weighted by Gasteiger charge is -2.41. The van der Waals surface area contributed by atoms with Crippen LogP contribution in [-0.2, 0) is 13.1 Å². The molecule has 4 heteroatoms. The van der Waals surface area contributed by atoms with Crippen molar-refractivity contribution in [1.82, 2.24) is 9.80 Å². The molecule has 1 saturated heterocycles. The van der Waals surface area contributed by atoms with Crippen molar-refractivity contribution >= 4 is 0 Å². The van der Waals surface area contributed by atoms with E-state index in [2.05, 4.69) is 66.1 Å². The fraction of sp³-hybridized carbons (Fsp3) is 0.478. The third-order valence-corrected chi connectivity index (χ3v) is 5.52. The Labute approximate surface area is 163 Å². The van der Waals surface area contributed by atoms with Gasteiger partial charge >= 0.3 is 0 Å². The molecule has 1 fully saturated rings. The van der Waals surface area contributed by atoms with Crippen LogP contribution in [0.1, 0.15) is 28.7 Å². The van der Waals surface area contributed by atoms with Crippen LogP contribution in [0.5, 0.6) is 5.75 Å². The molecule has 1 aliphatic rings. The molecule has 0 saturated carbocycles. The third kappa shape index (κ3) is 5.32. The van der Waals surface area contributed by atoms with Crippen LogP contribution in [0.15, 0.2) is 42.5 Å². The van der Waals surface area contributed by atoms with E-state index in [0.29, 0.717) is 6.04 Å². The monoisotopic (exact) mass is 368 g/mol. The van der Waals surface area contributed by atoms with Gasteiger partial charge in [0.15, 0.2) is 0 Å². The molecule has 0 radical (unpaired) electrons. The van der Waals surface area contributed by atoms with E-state index in [-0.39, 0.29) is 6.61 Å². The second-order valence-electron chi connectivity index (χ2n) is 7.66. The van der Waals surface area contributed by atoms with Crippen LogP contribution < -0.4 is 4.74 Å². The van der Waals surface area contributed by atoms with Crippen molar-refractivity contribution in [2.45, 2.75) is 39.4 Å². The van der Waals surface area contributed by atoms with E-state index >= 15 is 0 Å². The predicted octanol–water partition coefficient (Wildman–Crippen LogP) is 3.38. The van der Waals surface area contributed by atoms with Crippen molar-refractivity contribution in [2.75, 3.05) is 33.4 Å². The first-order valence-corrected chi connectivity index (χ1v) is 9.85. The van der Waals surface area contributed by atoms with Crippen molar-refractivity contribution in [3.63, 3.8) is 0 Å². The number of nitrogens with zero attached hydrogens (tertiary/aromatic N) is 2. The fourth-order valence-corrected chi connectivity index (χ4v) is 3.96. The fourth-order valence-electron chi connectivity index (χ4n) is 3.96. The Morgan fingerprint density at radius 1 is 1.00 bits per heavy atom. The minimum absolute atomic E-state index is 0.237. The highest BCUT2D eigenvalue weighted by atomic mass is 16.5. The molecule has 1 aliphatic heterocycles. The lowest BCUT2D eigenvalue weighted by Crippen LogP contribution is -2.52. The molecule has 0 amide bonds. The maximum Gasteiger partial charge on any atom is 0.121 e. The van der Waals surface area contributed by atoms with Gasteiger partial charge in [0, 0.05) is 45.4 Å². The topological polar surface area (TPSA) is 35.9 Å². The smallest absolute Gasteiger partial charge is 0.121 e. The molecule has 1 atom stereocenters. The first-order valence-electron chi connectivity index (χ1n) is 9.85. The van der Waals surface area contributed by atoms with E-state index in [4.69, 9.17) is 4.74 Å². The summed E-state index contributed by atoms with van der Waals surface area (Å²) in [6.45, 7) is 9.45. The largest absolute Gasteiger partial charge is 0.496 e. The van der Waals surface area contributed by atoms with Crippen LogP contribution >= 0.6 is 0 Å². The number of methoxy groups -OCH3 is 1. The SMILES string of the molecule is COc1ccc(CN2CCN(Cc3ccc(C)cc3)C[C@H]2CCO)cc1C. The standard InChI is InChI=1S/C23H32N2O2/c1-18-4-6-20(7-5-18)15-24-11-12-25(22(17-24)10-13-26)16-21-8-9-23(27-3)19(2)14-21/h4-9,14,22,26H,10-13,15-17H2,1-3H3/t22-/m1/s1. The van der Waals surface area contributed by atoms with Crippen molar-refractivity contribution in [2.24, 2.45) is 0 Å². The Kier molecular flexibility index (Phi) is 6.89. The highest BCUT2D eigenvalue weighted by Gasteiger charge is 2.26. The molecule has 0 aliphatic carbocycles. The van der Waals surface area contributed by atoms with E-state index in [1.165, 1.54) is 22.3 Å². The quantitative estimate of drug-likeness (QED) is 0.813. The first-order chi connectivity index (χ1) is 13.1. The van der Waals surface area contributed by atoms with Crippen LogP contribution in [0.4, 0.5) is 0 Å². The minimum Gasteiger partial charge on any atom is -0.496 e. The number of hydrogen-bond donors (Lipinski definition) is 1. The summed E-state index contributed by atoms with van der Waals surface area (Å²) in [5.74, 6) is 0.938. The van der Waals surface area contributed by atoms with Crippen molar-refractivity contribution in [3.05, 3.63) is 64.7 Å². The first kappa shape index (κ1) is 19.9. The summed E-state index contributed by atoms with van der Waals surface area (Å²) in [5.41, 5.74) is 5.15. The van der Waals surface area contributed by atoms with Gasteiger partial charge in [0.1, 0.15) is 5.75 Å². The molecule has 0 unspecified atom stereocenters. The molecule has 0 aromatic heterocycles. The van der Waals surface area contributed by atoms with Crippen molar-refractivity contribution in [1.29, 1.82) is 0 Å². The number of benzene rings is 2. The average molecular weight is 369 g/mol. The number of ether oxygens (including phenoxy) is 1. The lowest BCUT2D eigenvalue weighted by molar-refractivity contribution is 0.0499. The van der Waals surface area contributed by atoms with Gasteiger partial charge in [-0.25, -0.2) is 0 Å². The molecular weight excluding hydrogens is 336 g/mol. The van der Waals surface area contributed by atoms with Crippen molar-refractivity contribution < 1.29 is 9.84 Å². The number of hydrogen-bond acceptors (Lipinski definition) is 4. The zero-order valence-electron chi connectivity index (χ0n) is 16.8. The predicted molar refractivity (Wildman–Crippen MR) is 110 cm³/mol. The van der Waals surface area contributed by atoms with Crippen LogP contribution in [0.25, 0.3) is 0 Å². The van der Waals surface area contributed by atoms with Crippen LogP contribution in [0.3, 0.4) is 0 Å². The summed E-state index contributed by atoms with van der Waals surface area (Å²) in [7, 11) is 1.71. The van der Waals surface area contributed by atoms with Crippen LogP contribution in [-0.4, -0.2) is 54.3 Å². The molecule has 4 nitrogen and oxygen atoms in total. The highest BCUT2D eigenvalue weighted by molar-refractivity contribution is 5.36. The molecule has 27 heavy (non-hydrogen) atoms. The molecule has 2 aromatic carbocycles. The molecule has 146 valence electrons. The van der Waals surface area contributed by atoms with Gasteiger partial charge in [-0.05, 0) is 43.0 Å². The lowest BCUT2D eigenvalue weighted by atomic mass is 10.0. The maximum atomic E-state index is 9.56. The van der Waals surface area contributed by atoms with Gasteiger partial charge in [0.25, 0.3) is 0 Å².